The highest BCUT2D eigenvalue weighted by atomic mass is 16.3. The van der Waals surface area contributed by atoms with Gasteiger partial charge >= 0.3 is 0 Å². The van der Waals surface area contributed by atoms with Crippen LogP contribution in [0.25, 0.3) is 0 Å². The molecular formula is C19H30O. The summed E-state index contributed by atoms with van der Waals surface area (Å²) < 4.78 is 0. The molecule has 0 heterocycles. The number of allylic oxidation sites excluding steroid dienone is 2. The van der Waals surface area contributed by atoms with E-state index >= 15 is 0 Å². The van der Waals surface area contributed by atoms with Crippen molar-refractivity contribution in [3.8, 4) is 0 Å². The molecule has 1 heteroatoms. The molecule has 20 heavy (non-hydrogen) atoms. The Morgan fingerprint density at radius 2 is 1.65 bits per heavy atom. The summed E-state index contributed by atoms with van der Waals surface area (Å²) in [5.41, 5.74) is -0.211. The molecule has 1 N–H and O–H groups in total. The van der Waals surface area contributed by atoms with Crippen molar-refractivity contribution >= 4 is 0 Å². The van der Waals surface area contributed by atoms with E-state index < -0.39 is 5.60 Å². The molecule has 0 bridgehead atoms. The zero-order valence-electron chi connectivity index (χ0n) is 13.1. The predicted octanol–water partition coefficient (Wildman–Crippen LogP) is 4.56. The van der Waals surface area contributed by atoms with Gasteiger partial charge in [-0.1, -0.05) is 19.1 Å². The maximum atomic E-state index is 10.9. The van der Waals surface area contributed by atoms with Gasteiger partial charge in [0, 0.05) is 0 Å². The van der Waals surface area contributed by atoms with E-state index in [2.05, 4.69) is 26.0 Å². The van der Waals surface area contributed by atoms with Crippen molar-refractivity contribution in [3.05, 3.63) is 12.2 Å². The second-order valence-corrected chi connectivity index (χ2v) is 8.65. The fraction of sp³-hybridized carbons (Fsp3) is 0.895. The quantitative estimate of drug-likeness (QED) is 0.642. The smallest absolute Gasteiger partial charge is 0.0675 e. The Morgan fingerprint density at radius 1 is 0.850 bits per heavy atom. The van der Waals surface area contributed by atoms with E-state index in [1.54, 1.807) is 0 Å². The monoisotopic (exact) mass is 274 g/mol. The van der Waals surface area contributed by atoms with Crippen LogP contribution in [0.4, 0.5) is 0 Å². The van der Waals surface area contributed by atoms with E-state index in [0.717, 1.165) is 36.0 Å². The normalized spacial score (nSPS) is 57.9. The lowest BCUT2D eigenvalue weighted by molar-refractivity contribution is -0.117. The van der Waals surface area contributed by atoms with Gasteiger partial charge in [-0.2, -0.15) is 0 Å². The van der Waals surface area contributed by atoms with Crippen LogP contribution in [-0.4, -0.2) is 10.7 Å². The molecular weight excluding hydrogens is 244 g/mol. The van der Waals surface area contributed by atoms with Crippen molar-refractivity contribution < 1.29 is 5.11 Å². The molecule has 0 aliphatic heterocycles. The minimum Gasteiger partial charge on any atom is -0.390 e. The highest BCUT2D eigenvalue weighted by molar-refractivity contribution is 5.11. The Bertz CT molecular complexity index is 423. The van der Waals surface area contributed by atoms with Gasteiger partial charge in [0.1, 0.15) is 0 Å². The van der Waals surface area contributed by atoms with Crippen molar-refractivity contribution in [1.82, 2.24) is 0 Å². The zero-order valence-corrected chi connectivity index (χ0v) is 13.1. The van der Waals surface area contributed by atoms with Crippen LogP contribution < -0.4 is 0 Å². The zero-order chi connectivity index (χ0) is 14.0. The van der Waals surface area contributed by atoms with Gasteiger partial charge in [0.15, 0.2) is 0 Å². The van der Waals surface area contributed by atoms with Crippen LogP contribution in [0.1, 0.15) is 65.2 Å². The van der Waals surface area contributed by atoms with Gasteiger partial charge in [-0.05, 0) is 93.3 Å². The summed E-state index contributed by atoms with van der Waals surface area (Å²) in [4.78, 5) is 0. The molecule has 4 aliphatic carbocycles. The second-order valence-electron chi connectivity index (χ2n) is 8.65. The summed E-state index contributed by atoms with van der Waals surface area (Å²) in [6.45, 7) is 4.51. The minimum atomic E-state index is -0.411. The lowest BCUT2D eigenvalue weighted by Crippen LogP contribution is -2.52. The summed E-state index contributed by atoms with van der Waals surface area (Å²) in [5.74, 6) is 4.62. The largest absolute Gasteiger partial charge is 0.390 e. The van der Waals surface area contributed by atoms with Gasteiger partial charge in [0.25, 0.3) is 0 Å². The van der Waals surface area contributed by atoms with Crippen LogP contribution >= 0.6 is 0 Å². The molecule has 0 unspecified atom stereocenters. The van der Waals surface area contributed by atoms with Crippen molar-refractivity contribution in [2.24, 2.45) is 35.0 Å². The maximum absolute atomic E-state index is 10.9. The fourth-order valence-electron chi connectivity index (χ4n) is 6.66. The fourth-order valence-corrected chi connectivity index (χ4v) is 6.66. The number of hydrogen-bond acceptors (Lipinski definition) is 1. The molecule has 0 amide bonds. The first kappa shape index (κ1) is 13.4. The Balaban J connectivity index is 1.63. The number of fused-ring (bicyclic) bond motifs is 5. The third-order valence-corrected chi connectivity index (χ3v) is 8.09. The lowest BCUT2D eigenvalue weighted by atomic mass is 9.50. The molecule has 4 rings (SSSR count). The van der Waals surface area contributed by atoms with Crippen LogP contribution in [0, 0.1) is 35.0 Å². The van der Waals surface area contributed by atoms with Gasteiger partial charge in [0.2, 0.25) is 0 Å². The molecule has 1 nitrogen and oxygen atoms in total. The highest BCUT2D eigenvalue weighted by Crippen LogP contribution is 2.64. The topological polar surface area (TPSA) is 20.2 Å². The third kappa shape index (κ3) is 1.65. The van der Waals surface area contributed by atoms with Gasteiger partial charge in [0.05, 0.1) is 5.60 Å². The lowest BCUT2D eigenvalue weighted by Gasteiger charge is -2.56. The molecule has 4 aliphatic rings. The molecule has 0 aromatic carbocycles. The van der Waals surface area contributed by atoms with Gasteiger partial charge < -0.3 is 5.11 Å². The van der Waals surface area contributed by atoms with Crippen LogP contribution in [-0.2, 0) is 0 Å². The molecule has 3 fully saturated rings. The molecule has 3 saturated carbocycles. The van der Waals surface area contributed by atoms with E-state index in [1.807, 2.05) is 0 Å². The summed E-state index contributed by atoms with van der Waals surface area (Å²) in [6.07, 6.45) is 15.4. The van der Waals surface area contributed by atoms with E-state index in [1.165, 1.54) is 44.9 Å². The van der Waals surface area contributed by atoms with Crippen molar-refractivity contribution in [2.75, 3.05) is 0 Å². The van der Waals surface area contributed by atoms with Crippen LogP contribution in [0.5, 0.6) is 0 Å². The minimum absolute atomic E-state index is 0.200. The second kappa shape index (κ2) is 4.35. The summed E-state index contributed by atoms with van der Waals surface area (Å²) in [5, 5.41) is 10.9. The highest BCUT2D eigenvalue weighted by Gasteiger charge is 2.60. The molecule has 0 aromatic rings. The molecule has 0 aromatic heterocycles. The van der Waals surface area contributed by atoms with Gasteiger partial charge in [-0.25, -0.2) is 0 Å². The number of hydrogen-bond donors (Lipinski definition) is 1. The third-order valence-electron chi connectivity index (χ3n) is 8.09. The standard InChI is InChI=1S/C19H30O/c1-18-11-9-15-14-6-4-3-5-13(14)7-8-16(15)17(18)10-12-19(18,2)20/h3-4,13-17,20H,5-12H2,1-2H3/t13-,14+,15-,16-,17+,18+,19+/m1/s1. The number of rotatable bonds is 0. The van der Waals surface area contributed by atoms with Crippen molar-refractivity contribution in [3.63, 3.8) is 0 Å². The average Bonchev–Trinajstić information content (AvgIpc) is 2.69. The van der Waals surface area contributed by atoms with Gasteiger partial charge in [-0.15, -0.1) is 0 Å². The summed E-state index contributed by atoms with van der Waals surface area (Å²) in [6, 6.07) is 0. The Hall–Kier alpha value is -0.300. The average molecular weight is 274 g/mol. The first-order valence-electron chi connectivity index (χ1n) is 8.90. The van der Waals surface area contributed by atoms with E-state index in [4.69, 9.17) is 0 Å². The molecule has 7 atom stereocenters. The summed E-state index contributed by atoms with van der Waals surface area (Å²) in [7, 11) is 0. The summed E-state index contributed by atoms with van der Waals surface area (Å²) >= 11 is 0. The van der Waals surface area contributed by atoms with Gasteiger partial charge in [-0.3, -0.25) is 0 Å². The maximum Gasteiger partial charge on any atom is 0.0675 e. The Kier molecular flexibility index (Phi) is 2.91. The van der Waals surface area contributed by atoms with E-state index in [-0.39, 0.29) is 5.41 Å². The van der Waals surface area contributed by atoms with Crippen LogP contribution in [0.15, 0.2) is 12.2 Å². The molecule has 0 radical (unpaired) electrons. The van der Waals surface area contributed by atoms with Crippen LogP contribution in [0.2, 0.25) is 0 Å². The Labute approximate surface area is 123 Å². The van der Waals surface area contributed by atoms with Crippen molar-refractivity contribution in [1.29, 1.82) is 0 Å². The SMILES string of the molecule is C[C@]1(O)CC[C@H]2[C@@H]3CC[C@H]4CC=CC[C@@H]4[C@H]3CC[C@@]21C. The van der Waals surface area contributed by atoms with E-state index in [0.29, 0.717) is 0 Å². The molecule has 112 valence electrons. The van der Waals surface area contributed by atoms with Crippen LogP contribution in [0.3, 0.4) is 0 Å². The molecule has 0 spiro atoms. The Morgan fingerprint density at radius 3 is 2.50 bits per heavy atom. The van der Waals surface area contributed by atoms with Crippen molar-refractivity contribution in [2.45, 2.75) is 70.8 Å². The molecule has 0 saturated heterocycles. The predicted molar refractivity (Wildman–Crippen MR) is 82.3 cm³/mol. The first-order valence-corrected chi connectivity index (χ1v) is 8.90. The number of aliphatic hydroxyl groups is 1. The first-order chi connectivity index (χ1) is 9.53. The van der Waals surface area contributed by atoms with E-state index in [9.17, 15) is 5.11 Å².